The van der Waals surface area contributed by atoms with Gasteiger partial charge in [0.25, 0.3) is 0 Å². The molecule has 0 atom stereocenters. The minimum absolute atomic E-state index is 0.00392. The molecule has 0 unspecified atom stereocenters. The largest absolute Gasteiger partial charge is 0.497 e. The maximum atomic E-state index is 5.37. The van der Waals surface area contributed by atoms with Gasteiger partial charge in [-0.2, -0.15) is 5.10 Å². The molecule has 1 N–H and O–H groups in total. The molecule has 2 aromatic rings. The molecule has 5 nitrogen and oxygen atoms in total. The first-order valence-corrected chi connectivity index (χ1v) is 6.94. The Hall–Kier alpha value is -2.17. The molecular formula is C16H23N3O2. The van der Waals surface area contributed by atoms with Crippen molar-refractivity contribution >= 4 is 5.69 Å². The Morgan fingerprint density at radius 3 is 2.52 bits per heavy atom. The second-order valence-electron chi connectivity index (χ2n) is 5.88. The molecule has 21 heavy (non-hydrogen) atoms. The van der Waals surface area contributed by atoms with Crippen molar-refractivity contribution in [3.05, 3.63) is 36.2 Å². The van der Waals surface area contributed by atoms with Gasteiger partial charge in [0.1, 0.15) is 11.5 Å². The number of hydrogen-bond acceptors (Lipinski definition) is 4. The van der Waals surface area contributed by atoms with E-state index in [4.69, 9.17) is 9.47 Å². The summed E-state index contributed by atoms with van der Waals surface area (Å²) in [5.74, 6) is 1.54. The summed E-state index contributed by atoms with van der Waals surface area (Å²) in [5.41, 5.74) is 2.06. The maximum absolute atomic E-state index is 5.37. The third kappa shape index (κ3) is 3.68. The van der Waals surface area contributed by atoms with Crippen LogP contribution in [0.5, 0.6) is 11.5 Å². The fourth-order valence-electron chi connectivity index (χ4n) is 1.96. The van der Waals surface area contributed by atoms with Gasteiger partial charge in [-0.05, 0) is 32.9 Å². The van der Waals surface area contributed by atoms with Gasteiger partial charge in [0.15, 0.2) is 0 Å². The highest BCUT2D eigenvalue weighted by molar-refractivity contribution is 5.59. The molecule has 0 saturated heterocycles. The van der Waals surface area contributed by atoms with Gasteiger partial charge in [0.05, 0.1) is 31.6 Å². The summed E-state index contributed by atoms with van der Waals surface area (Å²) in [6, 6.07) is 5.72. The van der Waals surface area contributed by atoms with Crippen LogP contribution in [-0.4, -0.2) is 24.0 Å². The van der Waals surface area contributed by atoms with Crippen LogP contribution in [0.15, 0.2) is 30.6 Å². The minimum atomic E-state index is -0.00392. The molecule has 0 fully saturated rings. The Morgan fingerprint density at radius 1 is 1.19 bits per heavy atom. The standard InChI is InChI=1S/C16H23N3O2/c1-16(2,3)19-11-12(10-18-19)9-17-14-7-6-13(20-4)8-15(14)21-5/h6-8,10-11,17H,9H2,1-5H3. The number of aromatic nitrogens is 2. The van der Waals surface area contributed by atoms with E-state index >= 15 is 0 Å². The number of nitrogens with zero attached hydrogens (tertiary/aromatic N) is 2. The van der Waals surface area contributed by atoms with Crippen molar-refractivity contribution in [2.45, 2.75) is 32.9 Å². The molecule has 1 aromatic carbocycles. The molecule has 0 bridgehead atoms. The van der Waals surface area contributed by atoms with Gasteiger partial charge in [-0.15, -0.1) is 0 Å². The normalized spacial score (nSPS) is 11.3. The maximum Gasteiger partial charge on any atom is 0.145 e. The van der Waals surface area contributed by atoms with Crippen LogP contribution in [0.4, 0.5) is 5.69 Å². The Kier molecular flexibility index (Phi) is 4.40. The zero-order valence-electron chi connectivity index (χ0n) is 13.3. The van der Waals surface area contributed by atoms with Crippen molar-refractivity contribution < 1.29 is 9.47 Å². The van der Waals surface area contributed by atoms with Crippen molar-refractivity contribution in [1.82, 2.24) is 9.78 Å². The first-order chi connectivity index (χ1) is 9.94. The quantitative estimate of drug-likeness (QED) is 0.917. The number of hydrogen-bond donors (Lipinski definition) is 1. The number of rotatable bonds is 5. The lowest BCUT2D eigenvalue weighted by molar-refractivity contribution is 0.355. The monoisotopic (exact) mass is 289 g/mol. The minimum Gasteiger partial charge on any atom is -0.497 e. The summed E-state index contributed by atoms with van der Waals surface area (Å²) >= 11 is 0. The summed E-state index contributed by atoms with van der Waals surface area (Å²) in [6.45, 7) is 7.08. The number of ether oxygens (including phenoxy) is 2. The number of benzene rings is 1. The number of nitrogens with one attached hydrogen (secondary N) is 1. The van der Waals surface area contributed by atoms with Crippen molar-refractivity contribution in [3.8, 4) is 11.5 Å². The van der Waals surface area contributed by atoms with E-state index in [1.807, 2.05) is 29.1 Å². The Balaban J connectivity index is 2.08. The van der Waals surface area contributed by atoms with Gasteiger partial charge in [0.2, 0.25) is 0 Å². The third-order valence-electron chi connectivity index (χ3n) is 3.22. The summed E-state index contributed by atoms with van der Waals surface area (Å²) in [4.78, 5) is 0. The topological polar surface area (TPSA) is 48.3 Å². The van der Waals surface area contributed by atoms with Crippen LogP contribution >= 0.6 is 0 Å². The zero-order valence-corrected chi connectivity index (χ0v) is 13.3. The van der Waals surface area contributed by atoms with E-state index in [0.717, 1.165) is 22.7 Å². The van der Waals surface area contributed by atoms with E-state index < -0.39 is 0 Å². The van der Waals surface area contributed by atoms with Gasteiger partial charge in [-0.3, -0.25) is 4.68 Å². The van der Waals surface area contributed by atoms with E-state index in [1.165, 1.54) is 0 Å². The molecule has 0 saturated carbocycles. The molecule has 5 heteroatoms. The zero-order chi connectivity index (χ0) is 15.5. The van der Waals surface area contributed by atoms with Crippen LogP contribution < -0.4 is 14.8 Å². The summed E-state index contributed by atoms with van der Waals surface area (Å²) in [7, 11) is 3.29. The molecular weight excluding hydrogens is 266 g/mol. The molecule has 2 rings (SSSR count). The van der Waals surface area contributed by atoms with Crippen molar-refractivity contribution in [3.63, 3.8) is 0 Å². The molecule has 0 aliphatic carbocycles. The molecule has 0 amide bonds. The number of anilines is 1. The fraction of sp³-hybridized carbons (Fsp3) is 0.438. The lowest BCUT2D eigenvalue weighted by Gasteiger charge is -2.18. The Morgan fingerprint density at radius 2 is 1.95 bits per heavy atom. The molecule has 1 aromatic heterocycles. The second-order valence-corrected chi connectivity index (χ2v) is 5.88. The summed E-state index contributed by atoms with van der Waals surface area (Å²) in [5, 5.41) is 7.76. The van der Waals surface area contributed by atoms with Gasteiger partial charge < -0.3 is 14.8 Å². The Bertz CT molecular complexity index is 600. The van der Waals surface area contributed by atoms with Crippen molar-refractivity contribution in [2.75, 3.05) is 19.5 Å². The smallest absolute Gasteiger partial charge is 0.145 e. The molecule has 1 heterocycles. The molecule has 0 spiro atoms. The van der Waals surface area contributed by atoms with E-state index in [-0.39, 0.29) is 5.54 Å². The van der Waals surface area contributed by atoms with Gasteiger partial charge >= 0.3 is 0 Å². The Labute approximate surface area is 125 Å². The molecule has 0 radical (unpaired) electrons. The van der Waals surface area contributed by atoms with Crippen molar-refractivity contribution in [2.24, 2.45) is 0 Å². The van der Waals surface area contributed by atoms with Crippen LogP contribution in [0.2, 0.25) is 0 Å². The second kappa shape index (κ2) is 6.08. The SMILES string of the molecule is COc1ccc(NCc2cnn(C(C)(C)C)c2)c(OC)c1. The lowest BCUT2D eigenvalue weighted by Crippen LogP contribution is -2.21. The van der Waals surface area contributed by atoms with Gasteiger partial charge in [0, 0.05) is 24.4 Å². The first-order valence-electron chi connectivity index (χ1n) is 6.94. The molecule has 0 aliphatic rings. The van der Waals surface area contributed by atoms with Crippen LogP contribution in [0.3, 0.4) is 0 Å². The highest BCUT2D eigenvalue weighted by Gasteiger charge is 2.14. The van der Waals surface area contributed by atoms with Crippen molar-refractivity contribution in [1.29, 1.82) is 0 Å². The lowest BCUT2D eigenvalue weighted by atomic mass is 10.1. The third-order valence-corrected chi connectivity index (χ3v) is 3.22. The summed E-state index contributed by atoms with van der Waals surface area (Å²) in [6.07, 6.45) is 3.94. The average molecular weight is 289 g/mol. The number of methoxy groups -OCH3 is 2. The van der Waals surface area contributed by atoms with E-state index in [2.05, 4.69) is 37.4 Å². The average Bonchev–Trinajstić information content (AvgIpc) is 2.94. The van der Waals surface area contributed by atoms with E-state index in [1.54, 1.807) is 14.2 Å². The van der Waals surface area contributed by atoms with Gasteiger partial charge in [-0.1, -0.05) is 0 Å². The van der Waals surface area contributed by atoms with E-state index in [9.17, 15) is 0 Å². The van der Waals surface area contributed by atoms with Crippen LogP contribution in [0.25, 0.3) is 0 Å². The van der Waals surface area contributed by atoms with Gasteiger partial charge in [-0.25, -0.2) is 0 Å². The predicted molar refractivity (Wildman–Crippen MR) is 84.1 cm³/mol. The first kappa shape index (κ1) is 15.2. The highest BCUT2D eigenvalue weighted by atomic mass is 16.5. The predicted octanol–water partition coefficient (Wildman–Crippen LogP) is 3.27. The summed E-state index contributed by atoms with van der Waals surface area (Å²) < 4.78 is 12.5. The van der Waals surface area contributed by atoms with E-state index in [0.29, 0.717) is 6.54 Å². The highest BCUT2D eigenvalue weighted by Crippen LogP contribution is 2.29. The van der Waals surface area contributed by atoms with Crippen LogP contribution in [0.1, 0.15) is 26.3 Å². The molecule has 114 valence electrons. The van der Waals surface area contributed by atoms with Crippen LogP contribution in [0, 0.1) is 0 Å². The van der Waals surface area contributed by atoms with Crippen LogP contribution in [-0.2, 0) is 12.1 Å². The molecule has 0 aliphatic heterocycles. The fourth-order valence-corrected chi connectivity index (χ4v) is 1.96.